The lowest BCUT2D eigenvalue weighted by Crippen LogP contribution is -2.50. The molecule has 8 nitrogen and oxygen atoms in total. The van der Waals surface area contributed by atoms with Crippen LogP contribution < -0.4 is 10.6 Å². The molecule has 35 heavy (non-hydrogen) atoms. The smallest absolute Gasteiger partial charge is 0.407 e. The fourth-order valence-electron chi connectivity index (χ4n) is 4.70. The second kappa shape index (κ2) is 10.1. The van der Waals surface area contributed by atoms with E-state index in [9.17, 15) is 14.4 Å². The van der Waals surface area contributed by atoms with Crippen molar-refractivity contribution in [1.82, 2.24) is 10.6 Å². The van der Waals surface area contributed by atoms with Crippen LogP contribution in [0.4, 0.5) is 4.79 Å². The van der Waals surface area contributed by atoms with Crippen molar-refractivity contribution in [3.05, 3.63) is 59.7 Å². The fourth-order valence-corrected chi connectivity index (χ4v) is 4.70. The molecule has 0 bridgehead atoms. The van der Waals surface area contributed by atoms with Crippen LogP contribution in [0.25, 0.3) is 11.1 Å². The van der Waals surface area contributed by atoms with E-state index >= 15 is 0 Å². The van der Waals surface area contributed by atoms with E-state index in [-0.39, 0.29) is 37.3 Å². The van der Waals surface area contributed by atoms with Crippen molar-refractivity contribution < 1.29 is 29.0 Å². The average molecular weight is 481 g/mol. The van der Waals surface area contributed by atoms with Crippen molar-refractivity contribution in [2.24, 2.45) is 11.8 Å². The Labute approximate surface area is 205 Å². The Hall–Kier alpha value is -3.39. The molecule has 3 atom stereocenters. The number of hydrogen-bond acceptors (Lipinski definition) is 5. The summed E-state index contributed by atoms with van der Waals surface area (Å²) in [4.78, 5) is 36.7. The Bertz CT molecular complexity index is 1070. The minimum Gasteiger partial charge on any atom is -0.481 e. The van der Waals surface area contributed by atoms with Gasteiger partial charge in [0.05, 0.1) is 11.5 Å². The number of aliphatic carboxylic acids is 1. The Morgan fingerprint density at radius 1 is 1.06 bits per heavy atom. The minimum absolute atomic E-state index is 0.0815. The Morgan fingerprint density at radius 3 is 2.20 bits per heavy atom. The van der Waals surface area contributed by atoms with Gasteiger partial charge in [-0.3, -0.25) is 9.59 Å². The summed E-state index contributed by atoms with van der Waals surface area (Å²) in [6, 6.07) is 15.3. The molecule has 2 aromatic rings. The van der Waals surface area contributed by atoms with E-state index in [4.69, 9.17) is 14.6 Å². The molecule has 0 heterocycles. The van der Waals surface area contributed by atoms with Crippen LogP contribution >= 0.6 is 0 Å². The van der Waals surface area contributed by atoms with Gasteiger partial charge in [-0.1, -0.05) is 48.5 Å². The Kier molecular flexibility index (Phi) is 7.12. The highest BCUT2D eigenvalue weighted by molar-refractivity contribution is 5.86. The van der Waals surface area contributed by atoms with E-state index in [1.54, 1.807) is 7.11 Å². The van der Waals surface area contributed by atoms with E-state index in [1.165, 1.54) is 0 Å². The summed E-state index contributed by atoms with van der Waals surface area (Å²) in [5.41, 5.74) is 3.82. The number of hydrogen-bond donors (Lipinski definition) is 3. The molecule has 0 radical (unpaired) electrons. The standard InChI is InChI=1S/C27H32N2O6/c1-27(2,34-3)13-23(24(30)28-14-16-12-21(16)25(31)32)29-26(33)35-15-22-19-10-6-4-8-17(19)18-9-5-7-11-20(18)22/h4-11,16,21-23H,12-15H2,1-3H3,(H,28,30)(H,29,33)(H,31,32)/t16-,21-,23?/m0/s1. The molecule has 2 aliphatic rings. The van der Waals surface area contributed by atoms with E-state index < -0.39 is 29.6 Å². The molecule has 1 saturated carbocycles. The number of carbonyl (C=O) groups is 3. The molecule has 0 spiro atoms. The number of fused-ring (bicyclic) bond motifs is 3. The van der Waals surface area contributed by atoms with Gasteiger partial charge in [-0.05, 0) is 48.4 Å². The van der Waals surface area contributed by atoms with Gasteiger partial charge >= 0.3 is 12.1 Å². The molecular formula is C27H32N2O6. The highest BCUT2D eigenvalue weighted by Gasteiger charge is 2.43. The van der Waals surface area contributed by atoms with Crippen LogP contribution in [0.3, 0.4) is 0 Å². The summed E-state index contributed by atoms with van der Waals surface area (Å²) in [7, 11) is 1.55. The van der Waals surface area contributed by atoms with Gasteiger partial charge in [-0.25, -0.2) is 4.79 Å². The van der Waals surface area contributed by atoms with E-state index in [0.717, 1.165) is 22.3 Å². The largest absolute Gasteiger partial charge is 0.481 e. The van der Waals surface area contributed by atoms with Gasteiger partial charge in [0.2, 0.25) is 5.91 Å². The normalized spacial score (nSPS) is 19.3. The van der Waals surface area contributed by atoms with Gasteiger partial charge in [0, 0.05) is 26.0 Å². The molecule has 0 aliphatic heterocycles. The third-order valence-electron chi connectivity index (χ3n) is 6.98. The summed E-state index contributed by atoms with van der Waals surface area (Å²) >= 11 is 0. The third-order valence-corrected chi connectivity index (χ3v) is 6.98. The quantitative estimate of drug-likeness (QED) is 0.479. The predicted octanol–water partition coefficient (Wildman–Crippen LogP) is 3.55. The van der Waals surface area contributed by atoms with Crippen LogP contribution in [0, 0.1) is 11.8 Å². The summed E-state index contributed by atoms with van der Waals surface area (Å²) in [6.07, 6.45) is 0.0877. The number of alkyl carbamates (subject to hydrolysis) is 1. The first-order valence-electron chi connectivity index (χ1n) is 11.9. The lowest BCUT2D eigenvalue weighted by molar-refractivity contribution is -0.139. The Morgan fingerprint density at radius 2 is 1.66 bits per heavy atom. The SMILES string of the molecule is COC(C)(C)CC(NC(=O)OCC1c2ccccc2-c2ccccc21)C(=O)NC[C@@H]1C[C@@H]1C(=O)O. The number of carbonyl (C=O) groups excluding carboxylic acids is 2. The molecule has 1 unspecified atom stereocenters. The number of nitrogens with one attached hydrogen (secondary N) is 2. The maximum atomic E-state index is 12.9. The van der Waals surface area contributed by atoms with Crippen molar-refractivity contribution in [2.45, 2.75) is 44.2 Å². The van der Waals surface area contributed by atoms with Gasteiger partial charge in [0.15, 0.2) is 0 Å². The highest BCUT2D eigenvalue weighted by Crippen LogP contribution is 2.44. The zero-order valence-electron chi connectivity index (χ0n) is 20.2. The van der Waals surface area contributed by atoms with Gasteiger partial charge in [0.1, 0.15) is 12.6 Å². The lowest BCUT2D eigenvalue weighted by Gasteiger charge is -2.28. The number of amides is 2. The second-order valence-corrected chi connectivity index (χ2v) is 9.88. The number of carboxylic acids is 1. The molecule has 4 rings (SSSR count). The first-order valence-corrected chi connectivity index (χ1v) is 11.9. The number of ether oxygens (including phenoxy) is 2. The minimum atomic E-state index is -0.886. The van der Waals surface area contributed by atoms with Crippen molar-refractivity contribution in [3.63, 3.8) is 0 Å². The summed E-state index contributed by atoms with van der Waals surface area (Å²) in [6.45, 7) is 4.05. The van der Waals surface area contributed by atoms with E-state index in [2.05, 4.69) is 22.8 Å². The second-order valence-electron chi connectivity index (χ2n) is 9.88. The van der Waals surface area contributed by atoms with Crippen molar-refractivity contribution in [2.75, 3.05) is 20.3 Å². The van der Waals surface area contributed by atoms with Gasteiger partial charge in [-0.2, -0.15) is 0 Å². The molecule has 0 saturated heterocycles. The number of rotatable bonds is 10. The topological polar surface area (TPSA) is 114 Å². The van der Waals surface area contributed by atoms with Gasteiger partial charge < -0.3 is 25.2 Å². The maximum Gasteiger partial charge on any atom is 0.407 e. The molecule has 0 aromatic heterocycles. The molecule has 2 aliphatic carbocycles. The van der Waals surface area contributed by atoms with Gasteiger partial charge in [0.25, 0.3) is 0 Å². The van der Waals surface area contributed by atoms with Gasteiger partial charge in [-0.15, -0.1) is 0 Å². The van der Waals surface area contributed by atoms with Crippen LogP contribution in [0.5, 0.6) is 0 Å². The Balaban J connectivity index is 1.39. The van der Waals surface area contributed by atoms with Crippen LogP contribution in [-0.4, -0.2) is 55.0 Å². The highest BCUT2D eigenvalue weighted by atomic mass is 16.5. The molecule has 186 valence electrons. The fraction of sp³-hybridized carbons (Fsp3) is 0.444. The average Bonchev–Trinajstić information content (AvgIpc) is 3.56. The summed E-state index contributed by atoms with van der Waals surface area (Å²) in [5.74, 6) is -1.82. The van der Waals surface area contributed by atoms with Crippen LogP contribution in [0.15, 0.2) is 48.5 Å². The van der Waals surface area contributed by atoms with E-state index in [1.807, 2.05) is 50.2 Å². The molecular weight excluding hydrogens is 448 g/mol. The zero-order chi connectivity index (χ0) is 25.2. The lowest BCUT2D eigenvalue weighted by atomic mass is 9.98. The van der Waals surface area contributed by atoms with Crippen molar-refractivity contribution in [3.8, 4) is 11.1 Å². The third kappa shape index (κ3) is 5.65. The number of methoxy groups -OCH3 is 1. The monoisotopic (exact) mass is 480 g/mol. The first kappa shape index (κ1) is 24.7. The van der Waals surface area contributed by atoms with Crippen LogP contribution in [0.2, 0.25) is 0 Å². The van der Waals surface area contributed by atoms with Crippen LogP contribution in [-0.2, 0) is 19.1 Å². The van der Waals surface area contributed by atoms with E-state index in [0.29, 0.717) is 6.42 Å². The molecule has 2 aromatic carbocycles. The molecule has 3 N–H and O–H groups in total. The number of benzene rings is 2. The summed E-state index contributed by atoms with van der Waals surface area (Å²) < 4.78 is 11.1. The van der Waals surface area contributed by atoms with Crippen LogP contribution in [0.1, 0.15) is 43.7 Å². The van der Waals surface area contributed by atoms with Crippen molar-refractivity contribution in [1.29, 1.82) is 0 Å². The molecule has 2 amide bonds. The summed E-state index contributed by atoms with van der Waals surface area (Å²) in [5, 5.41) is 14.5. The maximum absolute atomic E-state index is 12.9. The first-order chi connectivity index (χ1) is 16.7. The zero-order valence-corrected chi connectivity index (χ0v) is 20.2. The van der Waals surface area contributed by atoms with Crippen molar-refractivity contribution >= 4 is 18.0 Å². The molecule has 1 fully saturated rings. The molecule has 8 heteroatoms. The number of carboxylic acid groups (broad SMARTS) is 1. The predicted molar refractivity (Wildman–Crippen MR) is 130 cm³/mol.